The van der Waals surface area contributed by atoms with E-state index in [1.807, 2.05) is 18.2 Å². The molecule has 0 aliphatic heterocycles. The van der Waals surface area contributed by atoms with Gasteiger partial charge in [-0.15, -0.1) is 0 Å². The molecule has 0 aromatic heterocycles. The van der Waals surface area contributed by atoms with Gasteiger partial charge in [-0.3, -0.25) is 0 Å². The van der Waals surface area contributed by atoms with Gasteiger partial charge >= 0.3 is 5.97 Å². The molecule has 1 spiro atoms. The van der Waals surface area contributed by atoms with Gasteiger partial charge in [0, 0.05) is 16.0 Å². The van der Waals surface area contributed by atoms with Crippen LogP contribution >= 0.6 is 11.6 Å². The number of carbonyl (C=O) groups is 1. The number of fused-ring (bicyclic) bond motifs is 2. The Kier molecular flexibility index (Phi) is 4.16. The van der Waals surface area contributed by atoms with Crippen LogP contribution in [0.2, 0.25) is 5.02 Å². The Morgan fingerprint density at radius 1 is 1.04 bits per heavy atom. The first-order chi connectivity index (χ1) is 12.2. The number of esters is 1. The molecular formula is C22H21ClO2. The monoisotopic (exact) mass is 352 g/mol. The van der Waals surface area contributed by atoms with Crippen LogP contribution in [0.25, 0.3) is 11.6 Å². The van der Waals surface area contributed by atoms with E-state index in [1.54, 1.807) is 0 Å². The minimum absolute atomic E-state index is 0.0391. The fourth-order valence-electron chi connectivity index (χ4n) is 4.58. The van der Waals surface area contributed by atoms with Gasteiger partial charge in [-0.2, -0.15) is 0 Å². The molecule has 0 amide bonds. The third kappa shape index (κ3) is 2.51. The maximum Gasteiger partial charge on any atom is 0.338 e. The highest BCUT2D eigenvalue weighted by Crippen LogP contribution is 2.56. The standard InChI is InChI=1S/C22H21ClO2/c1-25-21(24)16-9-7-11-19(23)20(16)18-14-15-8-3-4-10-17(15)22(18)12-5-2-6-13-22/h3-4,7-11,14H,2,5-6,12-13H2,1H3. The van der Waals surface area contributed by atoms with Crippen LogP contribution in [0.4, 0.5) is 0 Å². The largest absolute Gasteiger partial charge is 0.465 e. The van der Waals surface area contributed by atoms with Gasteiger partial charge < -0.3 is 4.74 Å². The van der Waals surface area contributed by atoms with E-state index in [1.165, 1.54) is 43.1 Å². The minimum Gasteiger partial charge on any atom is -0.465 e. The molecule has 0 heterocycles. The van der Waals surface area contributed by atoms with E-state index < -0.39 is 0 Å². The Balaban J connectivity index is 1.96. The van der Waals surface area contributed by atoms with Crippen LogP contribution in [0, 0.1) is 0 Å². The second-order valence-electron chi connectivity index (χ2n) is 6.94. The van der Waals surface area contributed by atoms with Crippen LogP contribution in [0.15, 0.2) is 42.5 Å². The lowest BCUT2D eigenvalue weighted by Crippen LogP contribution is -2.29. The molecule has 3 heteroatoms. The minimum atomic E-state index is -0.333. The van der Waals surface area contributed by atoms with Crippen LogP contribution < -0.4 is 0 Å². The maximum atomic E-state index is 12.4. The molecule has 4 rings (SSSR count). The molecule has 0 saturated heterocycles. The van der Waals surface area contributed by atoms with Crippen molar-refractivity contribution >= 4 is 29.2 Å². The normalized spacial score (nSPS) is 17.9. The molecular weight excluding hydrogens is 332 g/mol. The van der Waals surface area contributed by atoms with Crippen LogP contribution in [-0.2, 0) is 10.2 Å². The lowest BCUT2D eigenvalue weighted by Gasteiger charge is -2.38. The summed E-state index contributed by atoms with van der Waals surface area (Å²) >= 11 is 6.61. The van der Waals surface area contributed by atoms with Crippen molar-refractivity contribution in [2.75, 3.05) is 7.11 Å². The second kappa shape index (κ2) is 6.34. The van der Waals surface area contributed by atoms with E-state index in [2.05, 4.69) is 30.3 Å². The van der Waals surface area contributed by atoms with Crippen molar-refractivity contribution in [2.24, 2.45) is 0 Å². The summed E-state index contributed by atoms with van der Waals surface area (Å²) in [7, 11) is 1.42. The summed E-state index contributed by atoms with van der Waals surface area (Å²) in [5, 5.41) is 0.618. The van der Waals surface area contributed by atoms with Crippen LogP contribution in [-0.4, -0.2) is 13.1 Å². The molecule has 2 aliphatic carbocycles. The van der Waals surface area contributed by atoms with E-state index in [9.17, 15) is 4.79 Å². The predicted molar refractivity (Wildman–Crippen MR) is 102 cm³/mol. The van der Waals surface area contributed by atoms with Crippen molar-refractivity contribution in [3.05, 3.63) is 69.7 Å². The first kappa shape index (κ1) is 16.4. The Hall–Kier alpha value is -2.06. The second-order valence-corrected chi connectivity index (χ2v) is 7.35. The van der Waals surface area contributed by atoms with E-state index in [0.717, 1.165) is 18.4 Å². The van der Waals surface area contributed by atoms with Crippen molar-refractivity contribution in [3.63, 3.8) is 0 Å². The number of allylic oxidation sites excluding steroid dienone is 1. The molecule has 0 N–H and O–H groups in total. The van der Waals surface area contributed by atoms with Gasteiger partial charge in [0.2, 0.25) is 0 Å². The Morgan fingerprint density at radius 3 is 2.56 bits per heavy atom. The molecule has 0 atom stereocenters. The van der Waals surface area contributed by atoms with E-state index in [-0.39, 0.29) is 11.4 Å². The molecule has 25 heavy (non-hydrogen) atoms. The third-order valence-corrected chi connectivity index (χ3v) is 6.00. The zero-order valence-electron chi connectivity index (χ0n) is 14.3. The lowest BCUT2D eigenvalue weighted by molar-refractivity contribution is 0.0600. The van der Waals surface area contributed by atoms with Gasteiger partial charge in [-0.05, 0) is 47.8 Å². The smallest absolute Gasteiger partial charge is 0.338 e. The summed E-state index contributed by atoms with van der Waals surface area (Å²) < 4.78 is 5.02. The van der Waals surface area contributed by atoms with Gasteiger partial charge in [0.05, 0.1) is 12.7 Å². The number of rotatable bonds is 2. The summed E-state index contributed by atoms with van der Waals surface area (Å²) in [6.07, 6.45) is 8.09. The van der Waals surface area contributed by atoms with Gasteiger partial charge in [-0.1, -0.05) is 61.2 Å². The Bertz CT molecular complexity index is 860. The van der Waals surface area contributed by atoms with E-state index in [0.29, 0.717) is 10.6 Å². The molecule has 2 nitrogen and oxygen atoms in total. The molecule has 1 fully saturated rings. The first-order valence-corrected chi connectivity index (χ1v) is 9.24. The number of hydrogen-bond donors (Lipinski definition) is 0. The van der Waals surface area contributed by atoms with Crippen LogP contribution in [0.3, 0.4) is 0 Å². The Labute approximate surface area is 153 Å². The van der Waals surface area contributed by atoms with Gasteiger partial charge in [0.15, 0.2) is 0 Å². The highest BCUT2D eigenvalue weighted by atomic mass is 35.5. The van der Waals surface area contributed by atoms with Crippen molar-refractivity contribution in [1.29, 1.82) is 0 Å². The van der Waals surface area contributed by atoms with Crippen molar-refractivity contribution in [1.82, 2.24) is 0 Å². The van der Waals surface area contributed by atoms with Gasteiger partial charge in [0.25, 0.3) is 0 Å². The van der Waals surface area contributed by atoms with E-state index in [4.69, 9.17) is 16.3 Å². The topological polar surface area (TPSA) is 26.3 Å². The summed E-state index contributed by atoms with van der Waals surface area (Å²) in [6.45, 7) is 0. The maximum absolute atomic E-state index is 12.4. The number of ether oxygens (including phenoxy) is 1. The molecule has 2 aromatic carbocycles. The van der Waals surface area contributed by atoms with Crippen LogP contribution in [0.5, 0.6) is 0 Å². The molecule has 0 unspecified atom stereocenters. The molecule has 2 aromatic rings. The van der Waals surface area contributed by atoms with Gasteiger partial charge in [-0.25, -0.2) is 4.79 Å². The van der Waals surface area contributed by atoms with Crippen molar-refractivity contribution < 1.29 is 9.53 Å². The first-order valence-electron chi connectivity index (χ1n) is 8.86. The van der Waals surface area contributed by atoms with Crippen LogP contribution in [0.1, 0.15) is 59.2 Å². The zero-order valence-corrected chi connectivity index (χ0v) is 15.1. The number of hydrogen-bond acceptors (Lipinski definition) is 2. The number of halogens is 1. The molecule has 128 valence electrons. The zero-order chi connectivity index (χ0) is 17.4. The Morgan fingerprint density at radius 2 is 1.80 bits per heavy atom. The quantitative estimate of drug-likeness (QED) is 0.630. The molecule has 1 saturated carbocycles. The molecule has 2 aliphatic rings. The highest BCUT2D eigenvalue weighted by Gasteiger charge is 2.44. The number of methoxy groups -OCH3 is 1. The fourth-order valence-corrected chi connectivity index (χ4v) is 4.86. The summed E-state index contributed by atoms with van der Waals surface area (Å²) in [5.41, 5.74) is 5.16. The number of carbonyl (C=O) groups excluding carboxylic acids is 1. The summed E-state index contributed by atoms with van der Waals surface area (Å²) in [5.74, 6) is -0.333. The van der Waals surface area contributed by atoms with Crippen molar-refractivity contribution in [2.45, 2.75) is 37.5 Å². The fraction of sp³-hybridized carbons (Fsp3) is 0.318. The summed E-state index contributed by atoms with van der Waals surface area (Å²) in [4.78, 5) is 12.4. The van der Waals surface area contributed by atoms with Crippen molar-refractivity contribution in [3.8, 4) is 0 Å². The van der Waals surface area contributed by atoms with E-state index >= 15 is 0 Å². The average Bonchev–Trinajstić information content (AvgIpc) is 2.95. The highest BCUT2D eigenvalue weighted by molar-refractivity contribution is 6.33. The number of benzene rings is 2. The third-order valence-electron chi connectivity index (χ3n) is 5.69. The molecule has 0 bridgehead atoms. The predicted octanol–water partition coefficient (Wildman–Crippen LogP) is 5.88. The average molecular weight is 353 g/mol. The lowest BCUT2D eigenvalue weighted by atomic mass is 9.65. The SMILES string of the molecule is COC(=O)c1cccc(Cl)c1C1=Cc2ccccc2C12CCCCC2. The summed E-state index contributed by atoms with van der Waals surface area (Å²) in [6, 6.07) is 14.1. The molecule has 0 radical (unpaired) electrons. The van der Waals surface area contributed by atoms with Gasteiger partial charge in [0.1, 0.15) is 0 Å².